The molecule has 0 aliphatic carbocycles. The molecule has 35 heavy (non-hydrogen) atoms. The first kappa shape index (κ1) is 29.5. The van der Waals surface area contributed by atoms with Crippen molar-refractivity contribution >= 4 is 73.9 Å². The summed E-state index contributed by atoms with van der Waals surface area (Å²) in [6, 6.07) is 8.08. The summed E-state index contributed by atoms with van der Waals surface area (Å²) in [5.41, 5.74) is 0.603. The van der Waals surface area contributed by atoms with Gasteiger partial charge in [-0.1, -0.05) is 59.4 Å². The van der Waals surface area contributed by atoms with E-state index in [1.165, 1.54) is 29.2 Å². The highest BCUT2D eigenvalue weighted by Gasteiger charge is 2.33. The van der Waals surface area contributed by atoms with E-state index in [9.17, 15) is 18.0 Å². The molecule has 2 aromatic rings. The molecular formula is C23H27Cl4N3O4S. The molecule has 0 radical (unpaired) electrons. The number of carbonyl (C=O) groups excluding carboxylic acids is 2. The Labute approximate surface area is 226 Å². The SMILES string of the molecule is CC[C@@H](C(=O)NC(C)C)N(Cc1ccc(Cl)cc1Cl)C(=O)CN(c1cc(Cl)ccc1Cl)S(C)(=O)=O. The summed E-state index contributed by atoms with van der Waals surface area (Å²) in [6.07, 6.45) is 1.24. The van der Waals surface area contributed by atoms with Crippen molar-refractivity contribution in [3.8, 4) is 0 Å². The second-order valence-electron chi connectivity index (χ2n) is 8.21. The maximum absolute atomic E-state index is 13.6. The van der Waals surface area contributed by atoms with Crippen molar-refractivity contribution in [2.24, 2.45) is 0 Å². The summed E-state index contributed by atoms with van der Waals surface area (Å²) >= 11 is 24.6. The number of nitrogens with zero attached hydrogens (tertiary/aromatic N) is 2. The Morgan fingerprint density at radius 3 is 2.11 bits per heavy atom. The number of hydrogen-bond donors (Lipinski definition) is 1. The highest BCUT2D eigenvalue weighted by molar-refractivity contribution is 7.92. The van der Waals surface area contributed by atoms with Crippen molar-refractivity contribution in [3.63, 3.8) is 0 Å². The molecule has 2 amide bonds. The first-order valence-corrected chi connectivity index (χ1v) is 14.1. The maximum Gasteiger partial charge on any atom is 0.244 e. The Morgan fingerprint density at radius 1 is 0.971 bits per heavy atom. The zero-order chi connectivity index (χ0) is 26.5. The van der Waals surface area contributed by atoms with Crippen molar-refractivity contribution in [1.29, 1.82) is 0 Å². The minimum absolute atomic E-state index is 0.0419. The Kier molecular flexibility index (Phi) is 10.5. The molecule has 1 N–H and O–H groups in total. The summed E-state index contributed by atoms with van der Waals surface area (Å²) in [5.74, 6) is -0.990. The van der Waals surface area contributed by atoms with Crippen LogP contribution in [-0.2, 0) is 26.2 Å². The van der Waals surface area contributed by atoms with Crippen LogP contribution in [0.2, 0.25) is 20.1 Å². The van der Waals surface area contributed by atoms with Crippen LogP contribution in [0.4, 0.5) is 5.69 Å². The van der Waals surface area contributed by atoms with E-state index in [-0.39, 0.29) is 40.6 Å². The van der Waals surface area contributed by atoms with Gasteiger partial charge in [0.2, 0.25) is 21.8 Å². The zero-order valence-electron chi connectivity index (χ0n) is 19.7. The second-order valence-corrected chi connectivity index (χ2v) is 11.8. The van der Waals surface area contributed by atoms with Crippen molar-refractivity contribution in [3.05, 3.63) is 62.1 Å². The number of hydrogen-bond acceptors (Lipinski definition) is 4. The van der Waals surface area contributed by atoms with Crippen LogP contribution in [0.1, 0.15) is 32.8 Å². The molecule has 0 aliphatic heterocycles. The summed E-state index contributed by atoms with van der Waals surface area (Å²) in [7, 11) is -3.95. The minimum atomic E-state index is -3.95. The quantitative estimate of drug-likeness (QED) is 0.406. The Morgan fingerprint density at radius 2 is 1.57 bits per heavy atom. The van der Waals surface area contributed by atoms with Gasteiger partial charge < -0.3 is 10.2 Å². The largest absolute Gasteiger partial charge is 0.352 e. The van der Waals surface area contributed by atoms with Gasteiger partial charge in [0.15, 0.2) is 0 Å². The smallest absolute Gasteiger partial charge is 0.244 e. The van der Waals surface area contributed by atoms with E-state index in [1.54, 1.807) is 32.9 Å². The molecule has 0 spiro atoms. The molecule has 0 unspecified atom stereocenters. The second kappa shape index (κ2) is 12.5. The van der Waals surface area contributed by atoms with Gasteiger partial charge in [-0.15, -0.1) is 0 Å². The zero-order valence-corrected chi connectivity index (χ0v) is 23.5. The van der Waals surface area contributed by atoms with Gasteiger partial charge in [-0.25, -0.2) is 8.42 Å². The lowest BCUT2D eigenvalue weighted by Crippen LogP contribution is -2.53. The molecule has 2 aromatic carbocycles. The number of anilines is 1. The first-order valence-electron chi connectivity index (χ1n) is 10.7. The van der Waals surface area contributed by atoms with Crippen LogP contribution in [0.15, 0.2) is 36.4 Å². The maximum atomic E-state index is 13.6. The Bertz CT molecular complexity index is 1190. The van der Waals surface area contributed by atoms with Gasteiger partial charge in [-0.3, -0.25) is 13.9 Å². The number of sulfonamides is 1. The lowest BCUT2D eigenvalue weighted by molar-refractivity contribution is -0.140. The van der Waals surface area contributed by atoms with Gasteiger partial charge >= 0.3 is 0 Å². The van der Waals surface area contributed by atoms with Crippen LogP contribution in [0.25, 0.3) is 0 Å². The molecule has 12 heteroatoms. The highest BCUT2D eigenvalue weighted by Crippen LogP contribution is 2.31. The summed E-state index contributed by atoms with van der Waals surface area (Å²) in [4.78, 5) is 27.9. The van der Waals surface area contributed by atoms with Crippen molar-refractivity contribution in [2.75, 3.05) is 17.1 Å². The van der Waals surface area contributed by atoms with E-state index < -0.39 is 28.5 Å². The predicted molar refractivity (Wildman–Crippen MR) is 143 cm³/mol. The summed E-state index contributed by atoms with van der Waals surface area (Å²) in [5, 5.41) is 3.89. The van der Waals surface area contributed by atoms with Crippen LogP contribution >= 0.6 is 46.4 Å². The van der Waals surface area contributed by atoms with Gasteiger partial charge in [0.1, 0.15) is 12.6 Å². The lowest BCUT2D eigenvalue weighted by Gasteiger charge is -2.33. The van der Waals surface area contributed by atoms with Crippen LogP contribution in [0.5, 0.6) is 0 Å². The van der Waals surface area contributed by atoms with E-state index in [4.69, 9.17) is 46.4 Å². The minimum Gasteiger partial charge on any atom is -0.352 e. The number of amides is 2. The van der Waals surface area contributed by atoms with Gasteiger partial charge in [0, 0.05) is 27.7 Å². The number of rotatable bonds is 10. The number of benzene rings is 2. The lowest BCUT2D eigenvalue weighted by atomic mass is 10.1. The molecule has 0 bridgehead atoms. The van der Waals surface area contributed by atoms with Crippen LogP contribution in [0, 0.1) is 0 Å². The fraction of sp³-hybridized carbons (Fsp3) is 0.391. The monoisotopic (exact) mass is 581 g/mol. The summed E-state index contributed by atoms with van der Waals surface area (Å²) in [6.45, 7) is 4.73. The number of nitrogens with one attached hydrogen (secondary N) is 1. The molecule has 0 saturated carbocycles. The van der Waals surface area contributed by atoms with Crippen molar-refractivity contribution < 1.29 is 18.0 Å². The molecule has 7 nitrogen and oxygen atoms in total. The van der Waals surface area contributed by atoms with Gasteiger partial charge in [-0.05, 0) is 56.2 Å². The third-order valence-corrected chi connectivity index (χ3v) is 7.30. The van der Waals surface area contributed by atoms with Gasteiger partial charge in [-0.2, -0.15) is 0 Å². The van der Waals surface area contributed by atoms with E-state index in [0.29, 0.717) is 15.6 Å². The number of carbonyl (C=O) groups is 2. The molecule has 0 heterocycles. The standard InChI is InChI=1S/C23H27Cl4N3O4S/c1-5-20(23(32)28-14(2)3)29(12-15-6-7-16(24)10-19(15)27)22(31)13-30(35(4,33)34)21-11-17(25)8-9-18(21)26/h6-11,14,20H,5,12-13H2,1-4H3,(H,28,32)/t20-/m0/s1. The average molecular weight is 583 g/mol. The first-order chi connectivity index (χ1) is 16.2. The molecular weight excluding hydrogens is 556 g/mol. The van der Waals surface area contributed by atoms with E-state index in [1.807, 2.05) is 0 Å². The average Bonchev–Trinajstić information content (AvgIpc) is 2.73. The van der Waals surface area contributed by atoms with Crippen LogP contribution in [0.3, 0.4) is 0 Å². The predicted octanol–water partition coefficient (Wildman–Crippen LogP) is 5.40. The molecule has 0 saturated heterocycles. The fourth-order valence-corrected chi connectivity index (χ4v) is 5.16. The summed E-state index contributed by atoms with van der Waals surface area (Å²) < 4.78 is 26.2. The Balaban J connectivity index is 2.52. The van der Waals surface area contributed by atoms with Crippen molar-refractivity contribution in [2.45, 2.75) is 45.8 Å². The highest BCUT2D eigenvalue weighted by atomic mass is 35.5. The van der Waals surface area contributed by atoms with E-state index in [0.717, 1.165) is 10.6 Å². The Hall–Kier alpha value is -1.71. The topological polar surface area (TPSA) is 86.8 Å². The molecule has 0 aliphatic rings. The van der Waals surface area contributed by atoms with Gasteiger partial charge in [0.05, 0.1) is 17.0 Å². The third-order valence-electron chi connectivity index (χ3n) is 5.03. The van der Waals surface area contributed by atoms with Crippen LogP contribution in [-0.4, -0.2) is 50.0 Å². The number of halogens is 4. The van der Waals surface area contributed by atoms with Crippen molar-refractivity contribution in [1.82, 2.24) is 10.2 Å². The third kappa shape index (κ3) is 8.15. The van der Waals surface area contributed by atoms with Gasteiger partial charge in [0.25, 0.3) is 0 Å². The van der Waals surface area contributed by atoms with E-state index in [2.05, 4.69) is 5.32 Å². The fourth-order valence-electron chi connectivity index (χ4n) is 3.41. The van der Waals surface area contributed by atoms with Crippen LogP contribution < -0.4 is 9.62 Å². The molecule has 192 valence electrons. The normalized spacial score (nSPS) is 12.4. The molecule has 1 atom stereocenters. The van der Waals surface area contributed by atoms with E-state index >= 15 is 0 Å². The molecule has 0 aromatic heterocycles. The molecule has 0 fully saturated rings. The molecule has 2 rings (SSSR count).